The summed E-state index contributed by atoms with van der Waals surface area (Å²) in [6.45, 7) is 2.11. The van der Waals surface area contributed by atoms with Crippen LogP contribution in [0, 0.1) is 0 Å². The fourth-order valence-electron chi connectivity index (χ4n) is 3.44. The number of carboxylic acids is 2. The molecule has 0 saturated carbocycles. The van der Waals surface area contributed by atoms with Crippen LogP contribution in [0.2, 0.25) is 0 Å². The van der Waals surface area contributed by atoms with Crippen LogP contribution in [0.5, 0.6) is 0 Å². The van der Waals surface area contributed by atoms with Gasteiger partial charge in [-0.1, -0.05) is 6.42 Å². The van der Waals surface area contributed by atoms with E-state index >= 15 is 0 Å². The number of aliphatic carboxylic acids is 2. The zero-order chi connectivity index (χ0) is 26.9. The lowest BCUT2D eigenvalue weighted by atomic mass is 9.98. The second-order valence-corrected chi connectivity index (χ2v) is 8.70. The van der Waals surface area contributed by atoms with E-state index in [0.29, 0.717) is 57.9 Å². The van der Waals surface area contributed by atoms with Crippen LogP contribution in [0.15, 0.2) is 18.2 Å². The van der Waals surface area contributed by atoms with E-state index in [2.05, 4.69) is 10.6 Å². The van der Waals surface area contributed by atoms with Crippen LogP contribution < -0.4 is 10.6 Å². The van der Waals surface area contributed by atoms with Gasteiger partial charge >= 0.3 is 11.9 Å². The number of nitrogens with one attached hydrogen (secondary N) is 2. The smallest absolute Gasteiger partial charge is 0.303 e. The number of amides is 2. The van der Waals surface area contributed by atoms with Gasteiger partial charge in [-0.2, -0.15) is 0 Å². The molecule has 10 nitrogen and oxygen atoms in total. The summed E-state index contributed by atoms with van der Waals surface area (Å²) in [5.41, 5.74) is 0.523. The van der Waals surface area contributed by atoms with Gasteiger partial charge in [0.2, 0.25) is 0 Å². The monoisotopic (exact) mass is 504 g/mol. The van der Waals surface area contributed by atoms with Crippen molar-refractivity contribution in [2.24, 2.45) is 0 Å². The minimum atomic E-state index is -0.910. The molecule has 0 aliphatic heterocycles. The first-order valence-corrected chi connectivity index (χ1v) is 12.3. The SMILES string of the molecule is CC(=O)CCCCNC(=O)c1cc(C(=O)CCCCCC(=O)O)cc(C(=O)NCCCCC(=O)O)c1. The molecule has 0 aliphatic carbocycles. The van der Waals surface area contributed by atoms with Crippen molar-refractivity contribution in [3.8, 4) is 0 Å². The molecule has 1 aromatic rings. The summed E-state index contributed by atoms with van der Waals surface area (Å²) >= 11 is 0. The highest BCUT2D eigenvalue weighted by Gasteiger charge is 2.16. The molecule has 1 rings (SSSR count). The zero-order valence-corrected chi connectivity index (χ0v) is 20.8. The minimum absolute atomic E-state index is 0.00303. The molecule has 0 saturated heterocycles. The maximum Gasteiger partial charge on any atom is 0.303 e. The predicted octanol–water partition coefficient (Wildman–Crippen LogP) is 3.38. The molecule has 0 heterocycles. The Hall–Kier alpha value is -3.56. The molecule has 2 amide bonds. The molecule has 36 heavy (non-hydrogen) atoms. The Bertz CT molecular complexity index is 811. The number of benzene rings is 1. The van der Waals surface area contributed by atoms with Gasteiger partial charge in [-0.05, 0) is 63.6 Å². The fourth-order valence-corrected chi connectivity index (χ4v) is 3.44. The highest BCUT2D eigenvalue weighted by atomic mass is 16.4. The quantitative estimate of drug-likeness (QED) is 0.164. The number of rotatable bonds is 19. The largest absolute Gasteiger partial charge is 0.481 e. The third-order valence-electron chi connectivity index (χ3n) is 5.42. The second kappa shape index (κ2) is 17.0. The number of hydrogen-bond acceptors (Lipinski definition) is 6. The lowest BCUT2D eigenvalue weighted by Gasteiger charge is -2.11. The van der Waals surface area contributed by atoms with Gasteiger partial charge in [0.1, 0.15) is 5.78 Å². The van der Waals surface area contributed by atoms with Crippen LogP contribution in [0.1, 0.15) is 109 Å². The molecule has 0 bridgehead atoms. The van der Waals surface area contributed by atoms with Crippen LogP contribution in [0.3, 0.4) is 0 Å². The molecule has 0 atom stereocenters. The normalized spacial score (nSPS) is 10.5. The van der Waals surface area contributed by atoms with Crippen molar-refractivity contribution >= 4 is 35.3 Å². The van der Waals surface area contributed by atoms with E-state index in [9.17, 15) is 28.8 Å². The lowest BCUT2D eigenvalue weighted by Crippen LogP contribution is -2.27. The number of hydrogen-bond donors (Lipinski definition) is 4. The van der Waals surface area contributed by atoms with Crippen molar-refractivity contribution in [3.63, 3.8) is 0 Å². The third kappa shape index (κ3) is 13.4. The zero-order valence-electron chi connectivity index (χ0n) is 20.8. The topological polar surface area (TPSA) is 167 Å². The maximum absolute atomic E-state index is 12.8. The number of carbonyl (C=O) groups excluding carboxylic acids is 4. The van der Waals surface area contributed by atoms with E-state index in [4.69, 9.17) is 10.2 Å². The first-order valence-electron chi connectivity index (χ1n) is 12.3. The van der Waals surface area contributed by atoms with Gasteiger partial charge in [-0.3, -0.25) is 24.0 Å². The average Bonchev–Trinajstić information content (AvgIpc) is 2.82. The Morgan fingerprint density at radius 3 is 1.47 bits per heavy atom. The van der Waals surface area contributed by atoms with Crippen LogP contribution >= 0.6 is 0 Å². The molecule has 0 aliphatic rings. The van der Waals surface area contributed by atoms with Gasteiger partial charge in [0.05, 0.1) is 0 Å². The van der Waals surface area contributed by atoms with Crippen molar-refractivity contribution in [1.29, 1.82) is 0 Å². The van der Waals surface area contributed by atoms with E-state index in [1.54, 1.807) is 0 Å². The van der Waals surface area contributed by atoms with Crippen LogP contribution in [0.25, 0.3) is 0 Å². The summed E-state index contributed by atoms with van der Waals surface area (Å²) in [6, 6.07) is 4.27. The maximum atomic E-state index is 12.8. The van der Waals surface area contributed by atoms with Crippen molar-refractivity contribution in [2.45, 2.75) is 77.6 Å². The average molecular weight is 505 g/mol. The second-order valence-electron chi connectivity index (χ2n) is 8.70. The van der Waals surface area contributed by atoms with Gasteiger partial charge < -0.3 is 25.6 Å². The molecule has 0 fully saturated rings. The minimum Gasteiger partial charge on any atom is -0.481 e. The molecule has 4 N–H and O–H groups in total. The van der Waals surface area contributed by atoms with Crippen molar-refractivity contribution in [3.05, 3.63) is 34.9 Å². The van der Waals surface area contributed by atoms with Crippen molar-refractivity contribution in [2.75, 3.05) is 13.1 Å². The summed E-state index contributed by atoms with van der Waals surface area (Å²) < 4.78 is 0. The van der Waals surface area contributed by atoms with E-state index in [-0.39, 0.29) is 54.1 Å². The third-order valence-corrected chi connectivity index (χ3v) is 5.42. The molecule has 0 unspecified atom stereocenters. The van der Waals surface area contributed by atoms with Gasteiger partial charge in [-0.15, -0.1) is 0 Å². The summed E-state index contributed by atoms with van der Waals surface area (Å²) in [5.74, 6) is -2.89. The Balaban J connectivity index is 2.85. The molecule has 198 valence electrons. The molecule has 10 heteroatoms. The Kier molecular flexibility index (Phi) is 14.4. The van der Waals surface area contributed by atoms with Crippen LogP contribution in [-0.4, -0.2) is 58.6 Å². The van der Waals surface area contributed by atoms with E-state index in [1.807, 2.05) is 0 Å². The molecule has 0 radical (unpaired) electrons. The Morgan fingerprint density at radius 1 is 0.583 bits per heavy atom. The summed E-state index contributed by atoms with van der Waals surface area (Å²) in [5, 5.41) is 22.8. The first kappa shape index (κ1) is 30.5. The predicted molar refractivity (Wildman–Crippen MR) is 132 cm³/mol. The van der Waals surface area contributed by atoms with E-state index < -0.39 is 23.8 Å². The van der Waals surface area contributed by atoms with Gasteiger partial charge in [0.25, 0.3) is 11.8 Å². The van der Waals surface area contributed by atoms with E-state index in [0.717, 1.165) is 0 Å². The van der Waals surface area contributed by atoms with Crippen LogP contribution in [0.4, 0.5) is 0 Å². The van der Waals surface area contributed by atoms with Gasteiger partial charge in [-0.25, -0.2) is 0 Å². The first-order chi connectivity index (χ1) is 17.1. The van der Waals surface area contributed by atoms with Gasteiger partial charge in [0.15, 0.2) is 5.78 Å². The standard InChI is InChI=1S/C26H36N2O8/c1-18(29)9-5-7-13-27-25(35)20-15-19(22(30)10-3-2-4-11-23(31)32)16-21(17-20)26(36)28-14-8-6-12-24(33)34/h15-17H,2-14H2,1H3,(H,27,35)(H,28,36)(H,31,32)(H,33,34). The summed E-state index contributed by atoms with van der Waals surface area (Å²) in [7, 11) is 0. The van der Waals surface area contributed by atoms with Gasteiger partial charge in [0, 0.05) is 55.5 Å². The Labute approximate surface area is 210 Å². The molecule has 1 aromatic carbocycles. The number of ketones is 2. The van der Waals surface area contributed by atoms with E-state index in [1.165, 1.54) is 25.1 Å². The number of Topliss-reactive ketones (excluding diaryl/α,β-unsaturated/α-hetero) is 2. The summed E-state index contributed by atoms with van der Waals surface area (Å²) in [6.07, 6.45) is 4.30. The molecular weight excluding hydrogens is 468 g/mol. The summed E-state index contributed by atoms with van der Waals surface area (Å²) in [4.78, 5) is 70.4. The highest BCUT2D eigenvalue weighted by molar-refractivity contribution is 6.05. The molecule has 0 aromatic heterocycles. The number of carbonyl (C=O) groups is 6. The fraction of sp³-hybridized carbons (Fsp3) is 0.538. The molecular formula is C26H36N2O8. The van der Waals surface area contributed by atoms with Crippen molar-refractivity contribution in [1.82, 2.24) is 10.6 Å². The number of carboxylic acid groups (broad SMARTS) is 2. The Morgan fingerprint density at radius 2 is 1.00 bits per heavy atom. The molecule has 0 spiro atoms. The lowest BCUT2D eigenvalue weighted by molar-refractivity contribution is -0.138. The van der Waals surface area contributed by atoms with Crippen LogP contribution in [-0.2, 0) is 14.4 Å². The number of unbranched alkanes of at least 4 members (excludes halogenated alkanes) is 4. The highest BCUT2D eigenvalue weighted by Crippen LogP contribution is 2.15. The van der Waals surface area contributed by atoms with Crippen molar-refractivity contribution < 1.29 is 39.0 Å².